The number of halogens is 1. The summed E-state index contributed by atoms with van der Waals surface area (Å²) >= 11 is 1.18. The van der Waals surface area contributed by atoms with Crippen molar-refractivity contribution in [1.82, 2.24) is 4.98 Å². The number of carbonyl (C=O) groups is 2. The topological polar surface area (TPSA) is 89.0 Å². The summed E-state index contributed by atoms with van der Waals surface area (Å²) in [6, 6.07) is 16.4. The van der Waals surface area contributed by atoms with Gasteiger partial charge in [0.1, 0.15) is 29.1 Å². The zero-order valence-electron chi connectivity index (χ0n) is 19.4. The van der Waals surface area contributed by atoms with Crippen molar-refractivity contribution in [3.63, 3.8) is 0 Å². The van der Waals surface area contributed by atoms with Crippen molar-refractivity contribution < 1.29 is 28.6 Å². The summed E-state index contributed by atoms with van der Waals surface area (Å²) in [6.07, 6.45) is 0. The highest BCUT2D eigenvalue weighted by atomic mass is 32.1. The number of methoxy groups -OCH3 is 1. The monoisotopic (exact) mass is 504 g/mol. The lowest BCUT2D eigenvalue weighted by Gasteiger charge is -2.23. The van der Waals surface area contributed by atoms with Gasteiger partial charge in [-0.1, -0.05) is 41.7 Å². The minimum Gasteiger partial charge on any atom is -0.507 e. The first-order valence-corrected chi connectivity index (χ1v) is 12.0. The van der Waals surface area contributed by atoms with Crippen molar-refractivity contribution in [1.29, 1.82) is 0 Å². The first-order valence-electron chi connectivity index (χ1n) is 11.2. The number of benzene rings is 3. The fourth-order valence-electron chi connectivity index (χ4n) is 4.20. The average Bonchev–Trinajstić information content (AvgIpc) is 3.42. The van der Waals surface area contributed by atoms with Crippen LogP contribution in [0.15, 0.2) is 72.3 Å². The number of thiazole rings is 1. The molecule has 2 heterocycles. The van der Waals surface area contributed by atoms with Crippen LogP contribution in [0.5, 0.6) is 11.5 Å². The molecule has 3 aromatic carbocycles. The molecule has 1 N–H and O–H groups in total. The predicted molar refractivity (Wildman–Crippen MR) is 135 cm³/mol. The predicted octanol–water partition coefficient (Wildman–Crippen LogP) is 5.47. The van der Waals surface area contributed by atoms with E-state index in [0.717, 1.165) is 9.60 Å². The largest absolute Gasteiger partial charge is 0.507 e. The molecular formula is C27H21FN2O5S. The Morgan fingerprint density at radius 3 is 2.64 bits per heavy atom. The lowest BCUT2D eigenvalue weighted by Crippen LogP contribution is -2.29. The van der Waals surface area contributed by atoms with E-state index in [-0.39, 0.29) is 21.8 Å². The highest BCUT2D eigenvalue weighted by Crippen LogP contribution is 2.45. The molecule has 36 heavy (non-hydrogen) atoms. The molecule has 1 saturated heterocycles. The van der Waals surface area contributed by atoms with Gasteiger partial charge in [-0.05, 0) is 43.3 Å². The molecule has 7 nitrogen and oxygen atoms in total. The molecule has 4 aromatic rings. The third-order valence-corrected chi connectivity index (χ3v) is 6.87. The quantitative estimate of drug-likeness (QED) is 0.213. The minimum absolute atomic E-state index is 0.0652. The van der Waals surface area contributed by atoms with Gasteiger partial charge in [0.15, 0.2) is 5.13 Å². The average molecular weight is 505 g/mol. The number of Topliss-reactive ketones (excluding diaryl/α,β-unsaturated/α-hetero) is 1. The van der Waals surface area contributed by atoms with Crippen molar-refractivity contribution in [2.24, 2.45) is 0 Å². The van der Waals surface area contributed by atoms with Crippen LogP contribution in [0.4, 0.5) is 9.52 Å². The van der Waals surface area contributed by atoms with Crippen LogP contribution in [-0.2, 0) is 9.59 Å². The molecule has 1 unspecified atom stereocenters. The van der Waals surface area contributed by atoms with E-state index >= 15 is 4.39 Å². The Balaban J connectivity index is 1.71. The number of amides is 1. The second kappa shape index (κ2) is 9.43. The van der Waals surface area contributed by atoms with Crippen molar-refractivity contribution in [2.45, 2.75) is 13.0 Å². The Labute approximate surface area is 210 Å². The second-order valence-electron chi connectivity index (χ2n) is 7.98. The van der Waals surface area contributed by atoms with Gasteiger partial charge in [-0.25, -0.2) is 9.37 Å². The fraction of sp³-hybridized carbons (Fsp3) is 0.148. The normalized spacial score (nSPS) is 17.1. The van der Waals surface area contributed by atoms with E-state index in [9.17, 15) is 14.7 Å². The van der Waals surface area contributed by atoms with E-state index in [2.05, 4.69) is 4.98 Å². The molecule has 182 valence electrons. The zero-order valence-corrected chi connectivity index (χ0v) is 20.2. The lowest BCUT2D eigenvalue weighted by molar-refractivity contribution is -0.132. The first-order chi connectivity index (χ1) is 17.4. The molecule has 9 heteroatoms. The summed E-state index contributed by atoms with van der Waals surface area (Å²) in [6.45, 7) is 2.36. The maximum absolute atomic E-state index is 15.1. The summed E-state index contributed by atoms with van der Waals surface area (Å²) in [5.41, 5.74) is 0.697. The van der Waals surface area contributed by atoms with Crippen molar-refractivity contribution in [2.75, 3.05) is 18.6 Å². The molecular weight excluding hydrogens is 483 g/mol. The lowest BCUT2D eigenvalue weighted by atomic mass is 9.95. The summed E-state index contributed by atoms with van der Waals surface area (Å²) in [4.78, 5) is 32.3. The molecule has 5 rings (SSSR count). The third-order valence-electron chi connectivity index (χ3n) is 5.85. The molecule has 1 fully saturated rings. The maximum Gasteiger partial charge on any atom is 0.301 e. The zero-order chi connectivity index (χ0) is 25.4. The second-order valence-corrected chi connectivity index (χ2v) is 8.99. The van der Waals surface area contributed by atoms with Crippen LogP contribution in [0.3, 0.4) is 0 Å². The first kappa shape index (κ1) is 23.5. The molecule has 1 aliphatic heterocycles. The van der Waals surface area contributed by atoms with Crippen LogP contribution < -0.4 is 14.4 Å². The van der Waals surface area contributed by atoms with E-state index in [1.165, 1.54) is 42.7 Å². The Bertz CT molecular complexity index is 1530. The van der Waals surface area contributed by atoms with E-state index in [1.807, 2.05) is 6.92 Å². The highest BCUT2D eigenvalue weighted by molar-refractivity contribution is 7.22. The Morgan fingerprint density at radius 2 is 1.89 bits per heavy atom. The SMILES string of the molecule is CCOc1ccc2nc(N3C(=O)C(=O)/C(=C(/O)c4cccc(OC)c4)C3c3ccccc3F)sc2c1. The van der Waals surface area contributed by atoms with Gasteiger partial charge >= 0.3 is 5.91 Å². The van der Waals surface area contributed by atoms with Crippen molar-refractivity contribution >= 4 is 44.1 Å². The van der Waals surface area contributed by atoms with Crippen LogP contribution in [-0.4, -0.2) is 35.5 Å². The number of hydrogen-bond acceptors (Lipinski definition) is 7. The Kier molecular flexibility index (Phi) is 6.15. The number of anilines is 1. The summed E-state index contributed by atoms with van der Waals surface area (Å²) in [5, 5.41) is 11.4. The molecule has 1 aromatic heterocycles. The molecule has 0 saturated carbocycles. The van der Waals surface area contributed by atoms with Gasteiger partial charge in [0.05, 0.1) is 29.5 Å². The van der Waals surface area contributed by atoms with Crippen molar-refractivity contribution in [3.05, 3.63) is 89.2 Å². The molecule has 0 aliphatic carbocycles. The van der Waals surface area contributed by atoms with E-state index in [1.54, 1.807) is 42.5 Å². The van der Waals surface area contributed by atoms with Crippen LogP contribution in [0.1, 0.15) is 24.1 Å². The number of ketones is 1. The number of rotatable bonds is 6. The molecule has 1 aliphatic rings. The van der Waals surface area contributed by atoms with Gasteiger partial charge in [-0.3, -0.25) is 14.5 Å². The summed E-state index contributed by atoms with van der Waals surface area (Å²) < 4.78 is 26.6. The number of hydrogen-bond donors (Lipinski definition) is 1. The van der Waals surface area contributed by atoms with Crippen LogP contribution in [0.2, 0.25) is 0 Å². The number of carbonyl (C=O) groups excluding carboxylic acids is 2. The maximum atomic E-state index is 15.1. The van der Waals surface area contributed by atoms with Gasteiger partial charge in [0.25, 0.3) is 5.78 Å². The van der Waals surface area contributed by atoms with Crippen LogP contribution in [0.25, 0.3) is 16.0 Å². The molecule has 0 radical (unpaired) electrons. The molecule has 1 atom stereocenters. The van der Waals surface area contributed by atoms with E-state index in [0.29, 0.717) is 23.6 Å². The fourth-order valence-corrected chi connectivity index (χ4v) is 5.22. The number of aliphatic hydroxyl groups excluding tert-OH is 1. The molecule has 0 bridgehead atoms. The minimum atomic E-state index is -1.22. The molecule has 0 spiro atoms. The van der Waals surface area contributed by atoms with E-state index in [4.69, 9.17) is 9.47 Å². The van der Waals surface area contributed by atoms with Crippen LogP contribution >= 0.6 is 11.3 Å². The number of aliphatic hydroxyl groups is 1. The van der Waals surface area contributed by atoms with Gasteiger partial charge in [-0.2, -0.15) is 0 Å². The van der Waals surface area contributed by atoms with E-state index < -0.39 is 29.3 Å². The number of nitrogens with zero attached hydrogens (tertiary/aromatic N) is 2. The number of ether oxygens (including phenoxy) is 2. The molecule has 1 amide bonds. The standard InChI is InChI=1S/C27H21FN2O5S/c1-3-35-17-11-12-20-21(14-17)36-27(29-20)30-23(18-9-4-5-10-19(18)28)22(25(32)26(30)33)24(31)15-7-6-8-16(13-15)34-2/h4-14,23,31H,3H2,1-2H3/b24-22+. The smallest absolute Gasteiger partial charge is 0.301 e. The van der Waals surface area contributed by atoms with Crippen LogP contribution in [0, 0.1) is 5.82 Å². The van der Waals surface area contributed by atoms with Gasteiger partial charge in [0, 0.05) is 11.1 Å². The number of aromatic nitrogens is 1. The van der Waals surface area contributed by atoms with Gasteiger partial charge < -0.3 is 14.6 Å². The third kappa shape index (κ3) is 3.97. The highest BCUT2D eigenvalue weighted by Gasteiger charge is 2.49. The summed E-state index contributed by atoms with van der Waals surface area (Å²) in [7, 11) is 1.47. The van der Waals surface area contributed by atoms with Gasteiger partial charge in [-0.15, -0.1) is 0 Å². The van der Waals surface area contributed by atoms with Gasteiger partial charge in [0.2, 0.25) is 0 Å². The Hall–Kier alpha value is -4.24. The number of fused-ring (bicyclic) bond motifs is 1. The summed E-state index contributed by atoms with van der Waals surface area (Å²) in [5.74, 6) is -1.79. The Morgan fingerprint density at radius 1 is 1.08 bits per heavy atom. The van der Waals surface area contributed by atoms with Crippen molar-refractivity contribution in [3.8, 4) is 11.5 Å².